The maximum atomic E-state index is 4.88. The minimum Gasteiger partial charge on any atom is -0.255 e. The lowest BCUT2D eigenvalue weighted by Gasteiger charge is -2.18. The Hall–Kier alpha value is -2.48. The van der Waals surface area contributed by atoms with Crippen LogP contribution in [0.5, 0.6) is 0 Å². The second-order valence-corrected chi connectivity index (χ2v) is 6.28. The van der Waals surface area contributed by atoms with E-state index in [0.717, 1.165) is 35.0 Å². The Kier molecular flexibility index (Phi) is 3.66. The second-order valence-electron chi connectivity index (χ2n) is 6.28. The number of aromatic nitrogens is 1. The zero-order chi connectivity index (χ0) is 15.6. The number of pyridine rings is 1. The number of rotatable bonds is 2. The van der Waals surface area contributed by atoms with Crippen LogP contribution >= 0.6 is 0 Å². The summed E-state index contributed by atoms with van der Waals surface area (Å²) >= 11 is 0. The van der Waals surface area contributed by atoms with Crippen molar-refractivity contribution in [2.24, 2.45) is 4.99 Å². The molecule has 114 valence electrons. The van der Waals surface area contributed by atoms with Crippen molar-refractivity contribution >= 4 is 22.8 Å². The molecule has 2 aromatic carbocycles. The molecule has 0 bridgehead atoms. The summed E-state index contributed by atoms with van der Waals surface area (Å²) in [5.74, 6) is 0. The summed E-state index contributed by atoms with van der Waals surface area (Å²) in [7, 11) is 0. The minimum absolute atomic E-state index is 1.06. The highest BCUT2D eigenvalue weighted by Crippen LogP contribution is 2.35. The third-order valence-corrected chi connectivity index (χ3v) is 4.56. The number of hydrogen-bond acceptors (Lipinski definition) is 2. The summed E-state index contributed by atoms with van der Waals surface area (Å²) in [6.07, 6.45) is 6.62. The molecule has 0 spiro atoms. The molecule has 0 amide bonds. The predicted molar refractivity (Wildman–Crippen MR) is 96.8 cm³/mol. The highest BCUT2D eigenvalue weighted by Gasteiger charge is 2.17. The van der Waals surface area contributed by atoms with E-state index in [1.54, 1.807) is 0 Å². The molecular weight excluding hydrogens is 280 g/mol. The van der Waals surface area contributed by atoms with Crippen LogP contribution in [0.1, 0.15) is 35.2 Å². The Morgan fingerprint density at radius 1 is 0.957 bits per heavy atom. The van der Waals surface area contributed by atoms with Gasteiger partial charge in [0.25, 0.3) is 0 Å². The van der Waals surface area contributed by atoms with E-state index in [4.69, 9.17) is 9.98 Å². The third-order valence-electron chi connectivity index (χ3n) is 4.56. The van der Waals surface area contributed by atoms with Crippen molar-refractivity contribution in [3.8, 4) is 0 Å². The fourth-order valence-electron chi connectivity index (χ4n) is 3.29. The van der Waals surface area contributed by atoms with Gasteiger partial charge in [-0.2, -0.15) is 0 Å². The van der Waals surface area contributed by atoms with Crippen molar-refractivity contribution in [1.29, 1.82) is 0 Å². The molecule has 0 saturated heterocycles. The average Bonchev–Trinajstić information content (AvgIpc) is 2.60. The summed E-state index contributed by atoms with van der Waals surface area (Å²) in [6, 6.07) is 16.8. The van der Waals surface area contributed by atoms with Gasteiger partial charge in [0, 0.05) is 17.3 Å². The van der Waals surface area contributed by atoms with E-state index >= 15 is 0 Å². The number of hydrogen-bond donors (Lipinski definition) is 0. The van der Waals surface area contributed by atoms with E-state index < -0.39 is 0 Å². The van der Waals surface area contributed by atoms with Crippen LogP contribution in [-0.2, 0) is 12.8 Å². The van der Waals surface area contributed by atoms with Crippen molar-refractivity contribution in [1.82, 2.24) is 4.98 Å². The van der Waals surface area contributed by atoms with Crippen molar-refractivity contribution in [2.45, 2.75) is 32.6 Å². The first-order valence-electron chi connectivity index (χ1n) is 8.32. The number of aliphatic imine (C=N–C) groups is 1. The van der Waals surface area contributed by atoms with Crippen LogP contribution in [0.3, 0.4) is 0 Å². The molecule has 0 unspecified atom stereocenters. The normalized spacial score (nSPS) is 14.3. The molecule has 23 heavy (non-hydrogen) atoms. The second kappa shape index (κ2) is 5.96. The quantitative estimate of drug-likeness (QED) is 0.599. The van der Waals surface area contributed by atoms with Crippen LogP contribution in [0.25, 0.3) is 10.9 Å². The van der Waals surface area contributed by atoms with Gasteiger partial charge in [-0.3, -0.25) is 9.98 Å². The molecule has 1 aromatic heterocycles. The molecule has 0 radical (unpaired) electrons. The van der Waals surface area contributed by atoms with Gasteiger partial charge in [0.2, 0.25) is 0 Å². The predicted octanol–water partition coefficient (Wildman–Crippen LogP) is 5.17. The van der Waals surface area contributed by atoms with Crippen molar-refractivity contribution < 1.29 is 0 Å². The molecule has 0 fully saturated rings. The van der Waals surface area contributed by atoms with E-state index in [1.165, 1.54) is 29.7 Å². The fourth-order valence-corrected chi connectivity index (χ4v) is 3.29. The average molecular weight is 300 g/mol. The lowest BCUT2D eigenvalue weighted by atomic mass is 9.93. The number of nitrogens with zero attached hydrogens (tertiary/aromatic N) is 2. The first-order valence-corrected chi connectivity index (χ1v) is 8.32. The van der Waals surface area contributed by atoms with Gasteiger partial charge in [0.1, 0.15) is 0 Å². The molecule has 4 rings (SSSR count). The first kappa shape index (κ1) is 14.1. The van der Waals surface area contributed by atoms with Gasteiger partial charge in [-0.1, -0.05) is 48.0 Å². The maximum absolute atomic E-state index is 4.88. The summed E-state index contributed by atoms with van der Waals surface area (Å²) in [6.45, 7) is 2.10. The topological polar surface area (TPSA) is 25.2 Å². The molecule has 0 atom stereocenters. The Balaban J connectivity index is 1.85. The largest absolute Gasteiger partial charge is 0.255 e. The van der Waals surface area contributed by atoms with Gasteiger partial charge in [-0.15, -0.1) is 0 Å². The Bertz CT molecular complexity index is 876. The SMILES string of the molecule is Cc1ccc(C=Nc2c3c(nc4ccccc24)CCCC3)cc1. The van der Waals surface area contributed by atoms with Crippen LogP contribution in [0.2, 0.25) is 0 Å². The van der Waals surface area contributed by atoms with Crippen LogP contribution in [-0.4, -0.2) is 11.2 Å². The molecular formula is C21H20N2. The van der Waals surface area contributed by atoms with E-state index in [0.29, 0.717) is 0 Å². The van der Waals surface area contributed by atoms with Gasteiger partial charge in [0.15, 0.2) is 0 Å². The third kappa shape index (κ3) is 2.77. The van der Waals surface area contributed by atoms with Gasteiger partial charge in [-0.25, -0.2) is 0 Å². The van der Waals surface area contributed by atoms with Crippen molar-refractivity contribution in [3.63, 3.8) is 0 Å². The highest BCUT2D eigenvalue weighted by atomic mass is 14.8. The van der Waals surface area contributed by atoms with Gasteiger partial charge < -0.3 is 0 Å². The lowest BCUT2D eigenvalue weighted by Crippen LogP contribution is -2.06. The molecule has 0 saturated carbocycles. The van der Waals surface area contributed by atoms with Crippen LogP contribution in [0, 0.1) is 6.92 Å². The summed E-state index contributed by atoms with van der Waals surface area (Å²) in [5, 5.41) is 1.16. The zero-order valence-corrected chi connectivity index (χ0v) is 13.4. The lowest BCUT2D eigenvalue weighted by molar-refractivity contribution is 0.672. The van der Waals surface area contributed by atoms with Gasteiger partial charge >= 0.3 is 0 Å². The number of para-hydroxylation sites is 1. The van der Waals surface area contributed by atoms with E-state index in [2.05, 4.69) is 55.5 Å². The summed E-state index contributed by atoms with van der Waals surface area (Å²) in [5.41, 5.74) is 7.18. The highest BCUT2D eigenvalue weighted by molar-refractivity contribution is 5.95. The van der Waals surface area contributed by atoms with Crippen LogP contribution in [0.4, 0.5) is 5.69 Å². The number of fused-ring (bicyclic) bond motifs is 2. The number of benzene rings is 2. The van der Waals surface area contributed by atoms with E-state index in [1.807, 2.05) is 6.21 Å². The summed E-state index contributed by atoms with van der Waals surface area (Å²) in [4.78, 5) is 9.75. The molecule has 1 aliphatic rings. The van der Waals surface area contributed by atoms with Gasteiger partial charge in [0.05, 0.1) is 11.2 Å². The molecule has 0 N–H and O–H groups in total. The molecule has 2 nitrogen and oxygen atoms in total. The Morgan fingerprint density at radius 2 is 1.74 bits per heavy atom. The summed E-state index contributed by atoms with van der Waals surface area (Å²) < 4.78 is 0. The Morgan fingerprint density at radius 3 is 2.61 bits per heavy atom. The van der Waals surface area contributed by atoms with Crippen molar-refractivity contribution in [3.05, 3.63) is 70.9 Å². The van der Waals surface area contributed by atoms with E-state index in [9.17, 15) is 0 Å². The monoisotopic (exact) mass is 300 g/mol. The Labute approximate surface area is 136 Å². The maximum Gasteiger partial charge on any atom is 0.0774 e. The zero-order valence-electron chi connectivity index (χ0n) is 13.4. The molecule has 3 aromatic rings. The fraction of sp³-hybridized carbons (Fsp3) is 0.238. The number of aryl methyl sites for hydroxylation is 2. The molecule has 0 aliphatic heterocycles. The standard InChI is InChI=1S/C21H20N2/c1-15-10-12-16(13-11-15)14-22-21-17-6-2-4-8-19(17)23-20-9-5-3-7-18(20)21/h2,4,6,8,10-14H,3,5,7,9H2,1H3. The molecule has 2 heteroatoms. The molecule has 1 aliphatic carbocycles. The van der Waals surface area contributed by atoms with E-state index in [-0.39, 0.29) is 0 Å². The van der Waals surface area contributed by atoms with Crippen molar-refractivity contribution in [2.75, 3.05) is 0 Å². The minimum atomic E-state index is 1.06. The van der Waals surface area contributed by atoms with Crippen LogP contribution in [0.15, 0.2) is 53.5 Å². The van der Waals surface area contributed by atoms with Crippen LogP contribution < -0.4 is 0 Å². The molecule has 1 heterocycles. The first-order chi connectivity index (χ1) is 11.3. The smallest absolute Gasteiger partial charge is 0.0774 e. The van der Waals surface area contributed by atoms with Gasteiger partial charge in [-0.05, 0) is 49.8 Å².